The molecule has 2 amide bonds. The monoisotopic (exact) mass is 513 g/mol. The smallest absolute Gasteiger partial charge is 0.294 e. The topological polar surface area (TPSA) is 53.3 Å². The van der Waals surface area contributed by atoms with E-state index in [2.05, 4.69) is 5.32 Å². The van der Waals surface area contributed by atoms with Crippen molar-refractivity contribution in [1.82, 2.24) is 0 Å². The van der Waals surface area contributed by atoms with E-state index in [-0.39, 0.29) is 42.3 Å². The number of hydrogen-bond acceptors (Lipinski definition) is 2. The lowest BCUT2D eigenvalue weighted by atomic mass is 10.0. The van der Waals surface area contributed by atoms with Crippen LogP contribution in [0.15, 0.2) is 66.9 Å². The van der Waals surface area contributed by atoms with Gasteiger partial charge in [-0.3, -0.25) is 14.5 Å². The summed E-state index contributed by atoms with van der Waals surface area (Å²) in [5.41, 5.74) is 5.26. The second kappa shape index (κ2) is 8.95. The van der Waals surface area contributed by atoms with Gasteiger partial charge in [-0.05, 0) is 43.5 Å². The summed E-state index contributed by atoms with van der Waals surface area (Å²) in [6, 6.07) is 18.5. The molecule has 3 aromatic rings. The number of nitrogens with zero attached hydrogens (tertiary/aromatic N) is 2. The SMILES string of the molecule is Cc1ccccc1NC(=O)C1c2cccc[n+]2CC(=O)N1c1c(C)cccc1C.[I-]. The molecule has 154 valence electrons. The third-order valence-electron chi connectivity index (χ3n) is 5.42. The number of aromatic nitrogens is 1. The minimum absolute atomic E-state index is 0. The predicted molar refractivity (Wildman–Crippen MR) is 113 cm³/mol. The Morgan fingerprint density at radius 2 is 1.57 bits per heavy atom. The zero-order valence-electron chi connectivity index (χ0n) is 17.2. The first-order chi connectivity index (χ1) is 14.0. The molecule has 1 aromatic heterocycles. The maximum Gasteiger partial charge on any atom is 0.294 e. The Balaban J connectivity index is 0.00000256. The lowest BCUT2D eigenvalue weighted by molar-refractivity contribution is -0.695. The third kappa shape index (κ3) is 3.96. The van der Waals surface area contributed by atoms with Crippen LogP contribution >= 0.6 is 0 Å². The molecule has 0 radical (unpaired) electrons. The molecule has 5 nitrogen and oxygen atoms in total. The standard InChI is InChI=1S/C24H23N3O2.HI/c1-16-9-4-5-12-19(16)25-24(29)23-20-13-6-7-14-26(20)15-21(28)27(23)22-17(2)10-8-11-18(22)3;/h4-14,23H,15H2,1-3H3;1H. The van der Waals surface area contributed by atoms with Crippen molar-refractivity contribution in [3.05, 3.63) is 89.2 Å². The first-order valence-corrected chi connectivity index (χ1v) is 9.70. The number of fused-ring (bicyclic) bond motifs is 1. The van der Waals surface area contributed by atoms with E-state index < -0.39 is 6.04 Å². The van der Waals surface area contributed by atoms with Crippen molar-refractivity contribution in [2.75, 3.05) is 10.2 Å². The molecule has 1 aliphatic rings. The van der Waals surface area contributed by atoms with Gasteiger partial charge in [0.1, 0.15) is 0 Å². The maximum absolute atomic E-state index is 13.5. The molecule has 0 fully saturated rings. The number of nitrogens with one attached hydrogen (secondary N) is 1. The van der Waals surface area contributed by atoms with E-state index in [0.29, 0.717) is 0 Å². The number of para-hydroxylation sites is 2. The van der Waals surface area contributed by atoms with E-state index in [9.17, 15) is 9.59 Å². The molecule has 4 rings (SSSR count). The van der Waals surface area contributed by atoms with E-state index in [1.165, 1.54) is 0 Å². The van der Waals surface area contributed by atoms with Crippen LogP contribution < -0.4 is 38.8 Å². The molecule has 6 heteroatoms. The molecule has 1 aliphatic heterocycles. The summed E-state index contributed by atoms with van der Waals surface area (Å²) < 4.78 is 1.86. The van der Waals surface area contributed by atoms with Crippen molar-refractivity contribution >= 4 is 23.2 Å². The molecule has 0 spiro atoms. The molecular formula is C24H24IN3O2. The largest absolute Gasteiger partial charge is 1.00 e. The first-order valence-electron chi connectivity index (χ1n) is 9.70. The average molecular weight is 513 g/mol. The summed E-state index contributed by atoms with van der Waals surface area (Å²) >= 11 is 0. The van der Waals surface area contributed by atoms with Crippen molar-refractivity contribution in [2.24, 2.45) is 0 Å². The van der Waals surface area contributed by atoms with Crippen molar-refractivity contribution in [1.29, 1.82) is 0 Å². The lowest BCUT2D eigenvalue weighted by Crippen LogP contribution is -3.00. The van der Waals surface area contributed by atoms with Crippen LogP contribution in [0.3, 0.4) is 0 Å². The molecule has 2 heterocycles. The van der Waals surface area contributed by atoms with E-state index in [1.807, 2.05) is 92.2 Å². The highest BCUT2D eigenvalue weighted by Crippen LogP contribution is 2.34. The molecule has 2 aromatic carbocycles. The van der Waals surface area contributed by atoms with Crippen LogP contribution in [0.25, 0.3) is 0 Å². The molecule has 0 aliphatic carbocycles. The fraction of sp³-hybridized carbons (Fsp3) is 0.208. The summed E-state index contributed by atoms with van der Waals surface area (Å²) in [4.78, 5) is 28.4. The van der Waals surface area contributed by atoms with Gasteiger partial charge in [0, 0.05) is 17.8 Å². The lowest BCUT2D eigenvalue weighted by Gasteiger charge is -2.34. The summed E-state index contributed by atoms with van der Waals surface area (Å²) in [7, 11) is 0. The van der Waals surface area contributed by atoms with Gasteiger partial charge in [-0.15, -0.1) is 0 Å². The minimum Gasteiger partial charge on any atom is -1.00 e. The second-order valence-corrected chi connectivity index (χ2v) is 7.46. The zero-order valence-corrected chi connectivity index (χ0v) is 19.4. The highest BCUT2D eigenvalue weighted by molar-refractivity contribution is 6.06. The number of halogens is 1. The van der Waals surface area contributed by atoms with Gasteiger partial charge < -0.3 is 29.3 Å². The summed E-state index contributed by atoms with van der Waals surface area (Å²) in [6.45, 7) is 6.10. The van der Waals surface area contributed by atoms with Crippen LogP contribution in [-0.4, -0.2) is 11.8 Å². The Hall–Kier alpha value is -2.74. The van der Waals surface area contributed by atoms with Crippen molar-refractivity contribution < 1.29 is 38.1 Å². The zero-order chi connectivity index (χ0) is 20.5. The summed E-state index contributed by atoms with van der Waals surface area (Å²) in [6.07, 6.45) is 1.85. The number of amides is 2. The molecule has 30 heavy (non-hydrogen) atoms. The van der Waals surface area contributed by atoms with Gasteiger partial charge in [-0.1, -0.05) is 42.5 Å². The molecule has 1 unspecified atom stereocenters. The van der Waals surface area contributed by atoms with E-state index >= 15 is 0 Å². The Kier molecular flexibility index (Phi) is 6.55. The Labute approximate surface area is 193 Å². The van der Waals surface area contributed by atoms with Crippen LogP contribution in [0, 0.1) is 20.8 Å². The fourth-order valence-corrected chi connectivity index (χ4v) is 3.99. The minimum atomic E-state index is -0.753. The van der Waals surface area contributed by atoms with Gasteiger partial charge in [-0.25, -0.2) is 0 Å². The number of rotatable bonds is 3. The number of hydrogen-bond donors (Lipinski definition) is 1. The van der Waals surface area contributed by atoms with E-state index in [4.69, 9.17) is 0 Å². The molecule has 1 N–H and O–H groups in total. The van der Waals surface area contributed by atoms with Crippen LogP contribution in [-0.2, 0) is 16.1 Å². The Morgan fingerprint density at radius 3 is 2.27 bits per heavy atom. The van der Waals surface area contributed by atoms with Crippen molar-refractivity contribution in [3.63, 3.8) is 0 Å². The number of anilines is 2. The van der Waals surface area contributed by atoms with E-state index in [0.717, 1.165) is 33.8 Å². The molecule has 0 saturated heterocycles. The predicted octanol–water partition coefficient (Wildman–Crippen LogP) is 0.630. The number of carbonyl (C=O) groups is 2. The maximum atomic E-state index is 13.5. The first kappa shape index (κ1) is 22.0. The van der Waals surface area contributed by atoms with Gasteiger partial charge in [0.2, 0.25) is 18.3 Å². The number of pyridine rings is 1. The Bertz CT molecular complexity index is 1090. The van der Waals surface area contributed by atoms with Gasteiger partial charge in [0.25, 0.3) is 11.8 Å². The second-order valence-electron chi connectivity index (χ2n) is 7.46. The molecular weight excluding hydrogens is 489 g/mol. The van der Waals surface area contributed by atoms with Crippen LogP contribution in [0.1, 0.15) is 28.4 Å². The number of benzene rings is 2. The van der Waals surface area contributed by atoms with Crippen molar-refractivity contribution in [3.8, 4) is 0 Å². The van der Waals surface area contributed by atoms with Crippen LogP contribution in [0.4, 0.5) is 11.4 Å². The van der Waals surface area contributed by atoms with Crippen LogP contribution in [0.2, 0.25) is 0 Å². The molecule has 0 saturated carbocycles. The highest BCUT2D eigenvalue weighted by Gasteiger charge is 2.44. The number of carbonyl (C=O) groups excluding carboxylic acids is 2. The number of aryl methyl sites for hydroxylation is 3. The van der Waals surface area contributed by atoms with Gasteiger partial charge in [0.05, 0.1) is 5.69 Å². The van der Waals surface area contributed by atoms with Crippen LogP contribution in [0.5, 0.6) is 0 Å². The van der Waals surface area contributed by atoms with Crippen molar-refractivity contribution in [2.45, 2.75) is 33.4 Å². The third-order valence-corrected chi connectivity index (χ3v) is 5.42. The van der Waals surface area contributed by atoms with E-state index in [1.54, 1.807) is 4.90 Å². The van der Waals surface area contributed by atoms with Gasteiger partial charge in [0.15, 0.2) is 6.20 Å². The average Bonchev–Trinajstić information content (AvgIpc) is 2.69. The quantitative estimate of drug-likeness (QED) is 0.413. The van der Waals surface area contributed by atoms with Gasteiger partial charge in [-0.2, -0.15) is 4.57 Å². The summed E-state index contributed by atoms with van der Waals surface area (Å²) in [5.74, 6) is -0.328. The normalized spacial score (nSPS) is 15.2. The molecule has 1 atom stereocenters. The highest BCUT2D eigenvalue weighted by atomic mass is 127. The summed E-state index contributed by atoms with van der Waals surface area (Å²) in [5, 5.41) is 3.03. The van der Waals surface area contributed by atoms with Gasteiger partial charge >= 0.3 is 0 Å². The fourth-order valence-electron chi connectivity index (χ4n) is 3.99. The molecule has 0 bridgehead atoms. The Morgan fingerprint density at radius 1 is 0.933 bits per heavy atom.